The van der Waals surface area contributed by atoms with Gasteiger partial charge in [0.2, 0.25) is 5.95 Å². The van der Waals surface area contributed by atoms with Crippen molar-refractivity contribution in [2.45, 2.75) is 6.54 Å². The monoisotopic (exact) mass is 303 g/mol. The zero-order chi connectivity index (χ0) is 11.7. The van der Waals surface area contributed by atoms with E-state index < -0.39 is 0 Å². The number of aryl methyl sites for hydroxylation is 1. The number of benzene rings is 1. The van der Waals surface area contributed by atoms with E-state index in [-0.39, 0.29) is 5.82 Å². The summed E-state index contributed by atoms with van der Waals surface area (Å²) >= 11 is 4.85. The molecule has 0 spiro atoms. The predicted molar refractivity (Wildman–Crippen MR) is 70.2 cm³/mol. The lowest BCUT2D eigenvalue weighted by Gasteiger charge is -2.04. The van der Waals surface area contributed by atoms with Gasteiger partial charge in [-0.2, -0.15) is 11.8 Å². The molecule has 3 nitrogen and oxygen atoms in total. The zero-order valence-electron chi connectivity index (χ0n) is 8.70. The molecule has 0 saturated heterocycles. The van der Waals surface area contributed by atoms with Crippen LogP contribution in [0.2, 0.25) is 0 Å². The Hall–Kier alpha value is -0.750. The van der Waals surface area contributed by atoms with E-state index in [0.717, 1.165) is 17.8 Å². The molecule has 0 radical (unpaired) electrons. The third kappa shape index (κ3) is 2.04. The second kappa shape index (κ2) is 4.63. The summed E-state index contributed by atoms with van der Waals surface area (Å²) < 4.78 is 15.7. The lowest BCUT2D eigenvalue weighted by molar-refractivity contribution is 0.622. The molecule has 0 bridgehead atoms. The van der Waals surface area contributed by atoms with Gasteiger partial charge >= 0.3 is 0 Å². The summed E-state index contributed by atoms with van der Waals surface area (Å²) in [4.78, 5) is 4.20. The molecule has 0 amide bonds. The summed E-state index contributed by atoms with van der Waals surface area (Å²) in [5.74, 6) is 1.06. The number of nitrogen functional groups attached to an aromatic ring is 1. The van der Waals surface area contributed by atoms with Gasteiger partial charge in [0.25, 0.3) is 0 Å². The first-order valence-electron chi connectivity index (χ1n) is 4.73. The second-order valence-corrected chi connectivity index (χ2v) is 5.21. The third-order valence-corrected chi connectivity index (χ3v) is 3.54. The predicted octanol–water partition coefficient (Wildman–Crippen LogP) is 2.88. The van der Waals surface area contributed by atoms with Gasteiger partial charge < -0.3 is 10.3 Å². The molecule has 6 heteroatoms. The minimum absolute atomic E-state index is 0.294. The van der Waals surface area contributed by atoms with Crippen molar-refractivity contribution >= 4 is 44.7 Å². The van der Waals surface area contributed by atoms with Gasteiger partial charge in [-0.3, -0.25) is 0 Å². The number of hydrogen-bond acceptors (Lipinski definition) is 3. The van der Waals surface area contributed by atoms with Crippen LogP contribution in [0.25, 0.3) is 11.0 Å². The Morgan fingerprint density at radius 2 is 2.31 bits per heavy atom. The van der Waals surface area contributed by atoms with Crippen molar-refractivity contribution in [3.05, 3.63) is 22.4 Å². The van der Waals surface area contributed by atoms with Crippen LogP contribution in [0.4, 0.5) is 10.3 Å². The molecule has 2 aromatic rings. The number of hydrogen-bond donors (Lipinski definition) is 1. The maximum Gasteiger partial charge on any atom is 0.201 e. The Labute approximate surface area is 105 Å². The number of imidazole rings is 1. The summed E-state index contributed by atoms with van der Waals surface area (Å²) in [5.41, 5.74) is 7.26. The van der Waals surface area contributed by atoms with Gasteiger partial charge in [0.05, 0.1) is 15.5 Å². The highest BCUT2D eigenvalue weighted by atomic mass is 79.9. The van der Waals surface area contributed by atoms with Crippen molar-refractivity contribution in [2.75, 3.05) is 17.7 Å². The lowest BCUT2D eigenvalue weighted by atomic mass is 10.3. The summed E-state index contributed by atoms with van der Waals surface area (Å²) in [6.07, 6.45) is 2.02. The molecular formula is C10H11BrFN3S. The molecule has 0 unspecified atom stereocenters. The van der Waals surface area contributed by atoms with E-state index in [2.05, 4.69) is 20.9 Å². The van der Waals surface area contributed by atoms with Crippen LogP contribution in [-0.4, -0.2) is 21.6 Å². The summed E-state index contributed by atoms with van der Waals surface area (Å²) in [5, 5.41) is 0. The Balaban J connectivity index is 2.55. The number of thioether (sulfide) groups is 1. The van der Waals surface area contributed by atoms with Crippen LogP contribution in [0, 0.1) is 5.82 Å². The van der Waals surface area contributed by atoms with Crippen LogP contribution < -0.4 is 5.73 Å². The van der Waals surface area contributed by atoms with Crippen molar-refractivity contribution in [2.24, 2.45) is 0 Å². The largest absolute Gasteiger partial charge is 0.369 e. The summed E-state index contributed by atoms with van der Waals surface area (Å²) in [6.45, 7) is 0.741. The molecule has 0 aliphatic carbocycles. The quantitative estimate of drug-likeness (QED) is 0.948. The smallest absolute Gasteiger partial charge is 0.201 e. The lowest BCUT2D eigenvalue weighted by Crippen LogP contribution is -2.05. The highest BCUT2D eigenvalue weighted by Gasteiger charge is 2.10. The molecule has 2 N–H and O–H groups in total. The molecule has 1 aromatic heterocycles. The fourth-order valence-electron chi connectivity index (χ4n) is 1.56. The molecule has 86 valence electrons. The van der Waals surface area contributed by atoms with Crippen LogP contribution in [0.1, 0.15) is 0 Å². The molecule has 2 rings (SSSR count). The van der Waals surface area contributed by atoms with E-state index >= 15 is 0 Å². The average Bonchev–Trinajstić information content (AvgIpc) is 2.52. The van der Waals surface area contributed by atoms with Crippen LogP contribution in [0.15, 0.2) is 16.6 Å². The van der Waals surface area contributed by atoms with Gasteiger partial charge in [-0.15, -0.1) is 0 Å². The van der Waals surface area contributed by atoms with E-state index in [1.807, 2.05) is 10.8 Å². The Morgan fingerprint density at radius 3 is 3.00 bits per heavy atom. The van der Waals surface area contributed by atoms with Gasteiger partial charge in [-0.05, 0) is 28.3 Å². The number of rotatable bonds is 3. The molecular weight excluding hydrogens is 293 g/mol. The fourth-order valence-corrected chi connectivity index (χ4v) is 2.25. The van der Waals surface area contributed by atoms with E-state index in [0.29, 0.717) is 15.9 Å². The minimum Gasteiger partial charge on any atom is -0.369 e. The van der Waals surface area contributed by atoms with Crippen LogP contribution in [0.5, 0.6) is 0 Å². The van der Waals surface area contributed by atoms with Crippen molar-refractivity contribution in [3.8, 4) is 0 Å². The van der Waals surface area contributed by atoms with Crippen molar-refractivity contribution in [1.29, 1.82) is 0 Å². The summed E-state index contributed by atoms with van der Waals surface area (Å²) in [6, 6.07) is 3.11. The number of fused-ring (bicyclic) bond motifs is 1. The van der Waals surface area contributed by atoms with Crippen LogP contribution >= 0.6 is 27.7 Å². The molecule has 0 fully saturated rings. The Bertz CT molecular complexity index is 526. The standard InChI is InChI=1S/C10H11BrFN3S/c1-16-3-2-15-9-5-7(12)6(11)4-8(9)14-10(15)13/h4-5H,2-3H2,1H3,(H2,13,14). The number of anilines is 1. The SMILES string of the molecule is CSCCn1c(N)nc2cc(Br)c(F)cc21. The Kier molecular flexibility index (Phi) is 3.39. The first-order valence-corrected chi connectivity index (χ1v) is 6.92. The van der Waals surface area contributed by atoms with E-state index in [4.69, 9.17) is 5.73 Å². The Morgan fingerprint density at radius 1 is 1.56 bits per heavy atom. The van der Waals surface area contributed by atoms with E-state index in [1.54, 1.807) is 17.8 Å². The van der Waals surface area contributed by atoms with Gasteiger partial charge in [0.15, 0.2) is 0 Å². The number of nitrogens with two attached hydrogens (primary N) is 1. The van der Waals surface area contributed by atoms with E-state index in [1.165, 1.54) is 6.07 Å². The highest BCUT2D eigenvalue weighted by Crippen LogP contribution is 2.25. The molecule has 0 aliphatic heterocycles. The third-order valence-electron chi connectivity index (χ3n) is 2.34. The first-order chi connectivity index (χ1) is 7.63. The van der Waals surface area contributed by atoms with Gasteiger partial charge in [-0.25, -0.2) is 9.37 Å². The molecule has 16 heavy (non-hydrogen) atoms. The minimum atomic E-state index is -0.294. The zero-order valence-corrected chi connectivity index (χ0v) is 11.1. The van der Waals surface area contributed by atoms with Crippen LogP contribution in [0.3, 0.4) is 0 Å². The molecule has 1 aromatic carbocycles. The van der Waals surface area contributed by atoms with Crippen molar-refractivity contribution in [1.82, 2.24) is 9.55 Å². The maximum absolute atomic E-state index is 13.4. The number of nitrogens with zero attached hydrogens (tertiary/aromatic N) is 2. The van der Waals surface area contributed by atoms with Gasteiger partial charge in [-0.1, -0.05) is 0 Å². The fraction of sp³-hybridized carbons (Fsp3) is 0.300. The van der Waals surface area contributed by atoms with Crippen molar-refractivity contribution < 1.29 is 4.39 Å². The summed E-state index contributed by atoms with van der Waals surface area (Å²) in [7, 11) is 0. The molecule has 1 heterocycles. The molecule has 0 atom stereocenters. The van der Waals surface area contributed by atoms with Crippen LogP contribution in [-0.2, 0) is 6.54 Å². The highest BCUT2D eigenvalue weighted by molar-refractivity contribution is 9.10. The average molecular weight is 304 g/mol. The topological polar surface area (TPSA) is 43.8 Å². The normalized spacial score (nSPS) is 11.2. The van der Waals surface area contributed by atoms with Gasteiger partial charge in [0, 0.05) is 18.4 Å². The van der Waals surface area contributed by atoms with Crippen molar-refractivity contribution in [3.63, 3.8) is 0 Å². The molecule has 0 saturated carbocycles. The first kappa shape index (κ1) is 11.7. The second-order valence-electron chi connectivity index (χ2n) is 3.37. The number of aromatic nitrogens is 2. The number of halogens is 2. The van der Waals surface area contributed by atoms with E-state index in [9.17, 15) is 4.39 Å². The van der Waals surface area contributed by atoms with Gasteiger partial charge in [0.1, 0.15) is 5.82 Å². The molecule has 0 aliphatic rings. The maximum atomic E-state index is 13.4.